The molecule has 0 saturated heterocycles. The Morgan fingerprint density at radius 1 is 1.25 bits per heavy atom. The van der Waals surface area contributed by atoms with Crippen LogP contribution in [0.3, 0.4) is 0 Å². The van der Waals surface area contributed by atoms with Crippen molar-refractivity contribution < 1.29 is 15.0 Å². The van der Waals surface area contributed by atoms with Crippen LogP contribution in [0.15, 0.2) is 11.1 Å². The van der Waals surface area contributed by atoms with Crippen molar-refractivity contribution in [3.8, 4) is 0 Å². The number of hydrogen-bond donors (Lipinski definition) is 2. The van der Waals surface area contributed by atoms with E-state index in [1.54, 1.807) is 0 Å². The number of hydrogen-bond acceptors (Lipinski definition) is 1. The second-order valence-electron chi connectivity index (χ2n) is 0.535. The van der Waals surface area contributed by atoms with Crippen molar-refractivity contribution in [1.82, 2.24) is 0 Å². The average molecular weight is 159 g/mol. The van der Waals surface area contributed by atoms with E-state index >= 15 is 0 Å². The van der Waals surface area contributed by atoms with Gasteiger partial charge in [-0.2, -0.15) is 0 Å². The molecule has 0 atom stereocenters. The minimum absolute atomic E-state index is 1.24. The fourth-order valence-corrected chi connectivity index (χ4v) is 0. The molecule has 0 amide bonds. The molecule has 0 aliphatic carbocycles. The summed E-state index contributed by atoms with van der Waals surface area (Å²) in [6, 6.07) is 0. The van der Waals surface area contributed by atoms with Crippen molar-refractivity contribution in [2.45, 2.75) is 0 Å². The van der Waals surface area contributed by atoms with E-state index < -0.39 is 6.16 Å². The third-order valence-corrected chi connectivity index (χ3v) is 0.429. The molecule has 3 nitrogen and oxygen atoms in total. The van der Waals surface area contributed by atoms with Gasteiger partial charge in [0.05, 0.1) is 0 Å². The largest absolute Gasteiger partial charge is 0.503 e. The number of carbonyl (C=O) groups is 1. The van der Waals surface area contributed by atoms with Crippen LogP contribution in [-0.4, -0.2) is 16.4 Å². The Hall–Kier alpha value is -0.410. The van der Waals surface area contributed by atoms with E-state index in [1.165, 1.54) is 11.1 Å². The van der Waals surface area contributed by atoms with Crippen molar-refractivity contribution in [1.29, 1.82) is 0 Å². The van der Waals surface area contributed by atoms with Gasteiger partial charge >= 0.3 is 6.16 Å². The highest BCUT2D eigenvalue weighted by Gasteiger charge is 1.70. The molecule has 0 heterocycles. The number of rotatable bonds is 0. The van der Waals surface area contributed by atoms with Crippen molar-refractivity contribution >= 4 is 29.4 Å². The molecule has 0 saturated carbocycles. The Kier molecular flexibility index (Phi) is 12.9. The van der Waals surface area contributed by atoms with E-state index in [0.717, 1.165) is 0 Å². The molecule has 0 aromatic carbocycles. The zero-order valence-corrected chi connectivity index (χ0v) is 5.23. The summed E-state index contributed by atoms with van der Waals surface area (Å²) in [5.41, 5.74) is 2.48. The van der Waals surface area contributed by atoms with Gasteiger partial charge in [-0.15, -0.1) is 0 Å². The Balaban J connectivity index is 0. The fourth-order valence-electron chi connectivity index (χ4n) is 0. The number of halogens is 2. The molecular weight excluding hydrogens is 155 g/mol. The highest BCUT2D eigenvalue weighted by Crippen LogP contribution is 1.78. The van der Waals surface area contributed by atoms with Gasteiger partial charge in [0.1, 0.15) is 0 Å². The second-order valence-corrected chi connectivity index (χ2v) is 1.04. The molecule has 0 aromatic heterocycles. The summed E-state index contributed by atoms with van der Waals surface area (Å²) in [5.74, 6) is 0. The molecule has 0 radical (unpaired) electrons. The van der Waals surface area contributed by atoms with E-state index in [4.69, 9.17) is 38.2 Å². The Morgan fingerprint density at radius 2 is 1.38 bits per heavy atom. The van der Waals surface area contributed by atoms with E-state index in [9.17, 15) is 0 Å². The highest BCUT2D eigenvalue weighted by molar-refractivity contribution is 6.33. The first-order valence-electron chi connectivity index (χ1n) is 1.42. The summed E-state index contributed by atoms with van der Waals surface area (Å²) in [5, 5.41) is 13.9. The Labute approximate surface area is 56.1 Å². The van der Waals surface area contributed by atoms with E-state index in [1.807, 2.05) is 0 Å². The normalized spacial score (nSPS) is 7.75. The zero-order valence-electron chi connectivity index (χ0n) is 3.71. The Morgan fingerprint density at radius 3 is 1.38 bits per heavy atom. The van der Waals surface area contributed by atoms with Crippen molar-refractivity contribution in [2.24, 2.45) is 0 Å². The van der Waals surface area contributed by atoms with Gasteiger partial charge in [-0.05, 0) is 0 Å². The zero-order chi connectivity index (χ0) is 6.99. The molecular formula is C3H4Cl2O3. The standard InChI is InChI=1S/C2H2Cl2.CH2O3/c3-1-2-4;2-1(3)4/h1-2H;(H2,2,3,4)/b2-1+;. The second kappa shape index (κ2) is 9.77. The minimum atomic E-state index is -1.83. The molecule has 2 N–H and O–H groups in total. The SMILES string of the molecule is Cl/C=C/Cl.O=C(O)O. The first-order chi connectivity index (χ1) is 3.65. The number of carboxylic acid groups (broad SMARTS) is 2. The monoisotopic (exact) mass is 158 g/mol. The average Bonchev–Trinajstić information content (AvgIpc) is 1.65. The molecule has 0 spiro atoms. The van der Waals surface area contributed by atoms with E-state index in [0.29, 0.717) is 0 Å². The third kappa shape index (κ3) is 338. The van der Waals surface area contributed by atoms with Crippen LogP contribution in [0.4, 0.5) is 4.79 Å². The fraction of sp³-hybridized carbons (Fsp3) is 0. The van der Waals surface area contributed by atoms with Gasteiger partial charge in [0.2, 0.25) is 0 Å². The molecule has 0 rings (SSSR count). The molecule has 0 aromatic rings. The summed E-state index contributed by atoms with van der Waals surface area (Å²) in [6.45, 7) is 0. The molecule has 5 heteroatoms. The lowest BCUT2D eigenvalue weighted by atomic mass is 11.3. The predicted molar refractivity (Wildman–Crippen MR) is 31.5 cm³/mol. The minimum Gasteiger partial charge on any atom is -0.450 e. The summed E-state index contributed by atoms with van der Waals surface area (Å²) in [6.07, 6.45) is -1.83. The Bertz CT molecular complexity index is 72.6. The van der Waals surface area contributed by atoms with Crippen LogP contribution in [0.1, 0.15) is 0 Å². The molecule has 0 bridgehead atoms. The summed E-state index contributed by atoms with van der Waals surface area (Å²) in [7, 11) is 0. The molecule has 0 unspecified atom stereocenters. The lowest BCUT2D eigenvalue weighted by molar-refractivity contribution is 0.137. The van der Waals surface area contributed by atoms with Crippen LogP contribution in [0, 0.1) is 0 Å². The molecule has 0 fully saturated rings. The summed E-state index contributed by atoms with van der Waals surface area (Å²) >= 11 is 9.75. The lowest BCUT2D eigenvalue weighted by Gasteiger charge is -1.60. The van der Waals surface area contributed by atoms with Gasteiger partial charge in [-0.1, -0.05) is 23.2 Å². The van der Waals surface area contributed by atoms with Gasteiger partial charge in [0.15, 0.2) is 0 Å². The highest BCUT2D eigenvalue weighted by atomic mass is 35.5. The maximum absolute atomic E-state index is 8.56. The van der Waals surface area contributed by atoms with Crippen molar-refractivity contribution in [3.05, 3.63) is 11.1 Å². The summed E-state index contributed by atoms with van der Waals surface area (Å²) < 4.78 is 0. The lowest BCUT2D eigenvalue weighted by Crippen LogP contribution is -1.81. The molecule has 0 aliphatic heterocycles. The van der Waals surface area contributed by atoms with Crippen molar-refractivity contribution in [3.63, 3.8) is 0 Å². The molecule has 0 aliphatic rings. The van der Waals surface area contributed by atoms with Crippen LogP contribution in [0.5, 0.6) is 0 Å². The maximum Gasteiger partial charge on any atom is 0.503 e. The van der Waals surface area contributed by atoms with Crippen LogP contribution < -0.4 is 0 Å². The van der Waals surface area contributed by atoms with E-state index in [2.05, 4.69) is 0 Å². The van der Waals surface area contributed by atoms with Crippen LogP contribution >= 0.6 is 23.2 Å². The van der Waals surface area contributed by atoms with Gasteiger partial charge in [-0.3, -0.25) is 0 Å². The van der Waals surface area contributed by atoms with E-state index in [-0.39, 0.29) is 0 Å². The quantitative estimate of drug-likeness (QED) is 0.569. The van der Waals surface area contributed by atoms with Gasteiger partial charge in [0.25, 0.3) is 0 Å². The van der Waals surface area contributed by atoms with Gasteiger partial charge in [0, 0.05) is 11.1 Å². The molecule has 8 heavy (non-hydrogen) atoms. The topological polar surface area (TPSA) is 57.5 Å². The van der Waals surface area contributed by atoms with Crippen LogP contribution in [-0.2, 0) is 0 Å². The predicted octanol–water partition coefficient (Wildman–Crippen LogP) is 2.16. The van der Waals surface area contributed by atoms with Crippen LogP contribution in [0.2, 0.25) is 0 Å². The molecule has 48 valence electrons. The van der Waals surface area contributed by atoms with Crippen LogP contribution in [0.25, 0.3) is 0 Å². The van der Waals surface area contributed by atoms with Gasteiger partial charge in [-0.25, -0.2) is 4.79 Å². The first-order valence-corrected chi connectivity index (χ1v) is 2.29. The summed E-state index contributed by atoms with van der Waals surface area (Å²) in [4.78, 5) is 8.56. The first kappa shape index (κ1) is 10.5. The smallest absolute Gasteiger partial charge is 0.450 e. The van der Waals surface area contributed by atoms with Gasteiger partial charge < -0.3 is 10.2 Å². The van der Waals surface area contributed by atoms with Crippen molar-refractivity contribution in [2.75, 3.05) is 0 Å². The maximum atomic E-state index is 8.56. The third-order valence-electron chi connectivity index (χ3n) is 0.0476.